The highest BCUT2D eigenvalue weighted by molar-refractivity contribution is 5.69. The summed E-state index contributed by atoms with van der Waals surface area (Å²) in [6, 6.07) is 4.48. The summed E-state index contributed by atoms with van der Waals surface area (Å²) in [6.07, 6.45) is 1.20. The van der Waals surface area contributed by atoms with Gasteiger partial charge < -0.3 is 9.84 Å². The lowest BCUT2D eigenvalue weighted by atomic mass is 9.92. The monoisotopic (exact) mass is 224 g/mol. The van der Waals surface area contributed by atoms with Crippen molar-refractivity contribution in [3.8, 4) is 0 Å². The normalized spacial score (nSPS) is 23.1. The molecular formula is C12H13FO3. The van der Waals surface area contributed by atoms with Gasteiger partial charge in [-0.15, -0.1) is 0 Å². The fourth-order valence-corrected chi connectivity index (χ4v) is 2.37. The van der Waals surface area contributed by atoms with Gasteiger partial charge in [-0.1, -0.05) is 6.07 Å². The Labute approximate surface area is 92.9 Å². The van der Waals surface area contributed by atoms with E-state index in [1.54, 1.807) is 6.07 Å². The molecule has 1 N–H and O–H groups in total. The SMILES string of the molecule is COC1(CC(=O)O)CCc2ccc(F)cc21. The lowest BCUT2D eigenvalue weighted by Crippen LogP contribution is -2.29. The molecule has 0 amide bonds. The summed E-state index contributed by atoms with van der Waals surface area (Å²) >= 11 is 0. The molecular weight excluding hydrogens is 211 g/mol. The number of methoxy groups -OCH3 is 1. The van der Waals surface area contributed by atoms with Crippen LogP contribution in [0.1, 0.15) is 24.0 Å². The van der Waals surface area contributed by atoms with E-state index in [0.717, 1.165) is 12.0 Å². The third-order valence-electron chi connectivity index (χ3n) is 3.19. The number of benzene rings is 1. The summed E-state index contributed by atoms with van der Waals surface area (Å²) in [6.45, 7) is 0. The Morgan fingerprint density at radius 3 is 3.00 bits per heavy atom. The van der Waals surface area contributed by atoms with Crippen molar-refractivity contribution in [2.24, 2.45) is 0 Å². The van der Waals surface area contributed by atoms with E-state index in [1.807, 2.05) is 0 Å². The second kappa shape index (κ2) is 3.87. The zero-order chi connectivity index (χ0) is 11.8. The third-order valence-corrected chi connectivity index (χ3v) is 3.19. The van der Waals surface area contributed by atoms with Gasteiger partial charge in [0.05, 0.1) is 6.42 Å². The maximum absolute atomic E-state index is 13.2. The summed E-state index contributed by atoms with van der Waals surface area (Å²) in [5.74, 6) is -1.29. The lowest BCUT2D eigenvalue weighted by molar-refractivity contribution is -0.144. The van der Waals surface area contributed by atoms with E-state index >= 15 is 0 Å². The van der Waals surface area contributed by atoms with Gasteiger partial charge in [-0.3, -0.25) is 4.79 Å². The van der Waals surface area contributed by atoms with Crippen LogP contribution in [0.4, 0.5) is 4.39 Å². The topological polar surface area (TPSA) is 46.5 Å². The van der Waals surface area contributed by atoms with Crippen LogP contribution in [-0.4, -0.2) is 18.2 Å². The molecule has 0 radical (unpaired) electrons. The van der Waals surface area contributed by atoms with Gasteiger partial charge in [-0.2, -0.15) is 0 Å². The first-order valence-corrected chi connectivity index (χ1v) is 5.13. The fourth-order valence-electron chi connectivity index (χ4n) is 2.37. The molecule has 1 aromatic rings. The van der Waals surface area contributed by atoms with Crippen molar-refractivity contribution < 1.29 is 19.0 Å². The van der Waals surface area contributed by atoms with Gasteiger partial charge in [0.2, 0.25) is 0 Å². The molecule has 0 heterocycles. The minimum atomic E-state index is -0.932. The number of carbonyl (C=O) groups is 1. The van der Waals surface area contributed by atoms with Crippen LogP contribution >= 0.6 is 0 Å². The molecule has 1 aliphatic rings. The summed E-state index contributed by atoms with van der Waals surface area (Å²) in [5.41, 5.74) is 0.797. The number of rotatable bonds is 3. The zero-order valence-electron chi connectivity index (χ0n) is 9.00. The first kappa shape index (κ1) is 11.1. The molecule has 4 heteroatoms. The second-order valence-corrected chi connectivity index (χ2v) is 4.07. The molecule has 3 nitrogen and oxygen atoms in total. The van der Waals surface area contributed by atoms with E-state index in [2.05, 4.69) is 0 Å². The molecule has 86 valence electrons. The Balaban J connectivity index is 2.45. The predicted molar refractivity (Wildman–Crippen MR) is 55.7 cm³/mol. The Hall–Kier alpha value is -1.42. The van der Waals surface area contributed by atoms with E-state index < -0.39 is 11.6 Å². The number of aryl methyl sites for hydroxylation is 1. The number of hydrogen-bond donors (Lipinski definition) is 1. The summed E-state index contributed by atoms with van der Waals surface area (Å²) in [4.78, 5) is 10.8. The number of halogens is 1. The van der Waals surface area contributed by atoms with Crippen LogP contribution in [0, 0.1) is 5.82 Å². The minimum absolute atomic E-state index is 0.125. The van der Waals surface area contributed by atoms with E-state index in [0.29, 0.717) is 12.0 Å². The van der Waals surface area contributed by atoms with Gasteiger partial charge in [0.25, 0.3) is 0 Å². The number of carboxylic acids is 1. The summed E-state index contributed by atoms with van der Waals surface area (Å²) in [7, 11) is 1.48. The number of fused-ring (bicyclic) bond motifs is 1. The molecule has 16 heavy (non-hydrogen) atoms. The van der Waals surface area contributed by atoms with Crippen LogP contribution in [0.3, 0.4) is 0 Å². The highest BCUT2D eigenvalue weighted by atomic mass is 19.1. The van der Waals surface area contributed by atoms with E-state index in [1.165, 1.54) is 19.2 Å². The summed E-state index contributed by atoms with van der Waals surface area (Å²) < 4.78 is 18.5. The van der Waals surface area contributed by atoms with Crippen LogP contribution in [0.25, 0.3) is 0 Å². The number of hydrogen-bond acceptors (Lipinski definition) is 2. The zero-order valence-corrected chi connectivity index (χ0v) is 9.00. The number of aliphatic carboxylic acids is 1. The molecule has 0 fully saturated rings. The molecule has 0 aliphatic heterocycles. The maximum atomic E-state index is 13.2. The van der Waals surface area contributed by atoms with Crippen molar-refractivity contribution in [3.05, 3.63) is 35.1 Å². The molecule has 0 bridgehead atoms. The largest absolute Gasteiger partial charge is 0.481 e. The van der Waals surface area contributed by atoms with Gasteiger partial charge in [0, 0.05) is 7.11 Å². The predicted octanol–water partition coefficient (Wildman–Crippen LogP) is 2.09. The highest BCUT2D eigenvalue weighted by Crippen LogP contribution is 2.42. The first-order chi connectivity index (χ1) is 7.57. The number of carboxylic acid groups (broad SMARTS) is 1. The third kappa shape index (κ3) is 1.69. The molecule has 0 spiro atoms. The van der Waals surface area contributed by atoms with Crippen molar-refractivity contribution in [2.75, 3.05) is 7.11 Å². The molecule has 1 aliphatic carbocycles. The maximum Gasteiger partial charge on any atom is 0.306 e. The fraction of sp³-hybridized carbons (Fsp3) is 0.417. The van der Waals surface area contributed by atoms with Gasteiger partial charge in [0.15, 0.2) is 0 Å². The highest BCUT2D eigenvalue weighted by Gasteiger charge is 2.41. The average molecular weight is 224 g/mol. The Morgan fingerprint density at radius 2 is 2.38 bits per heavy atom. The van der Waals surface area contributed by atoms with E-state index in [-0.39, 0.29) is 12.2 Å². The van der Waals surface area contributed by atoms with Crippen LogP contribution in [0.15, 0.2) is 18.2 Å². The average Bonchev–Trinajstić information content (AvgIpc) is 2.57. The van der Waals surface area contributed by atoms with Crippen molar-refractivity contribution in [2.45, 2.75) is 24.9 Å². The Morgan fingerprint density at radius 1 is 1.62 bits per heavy atom. The van der Waals surface area contributed by atoms with Crippen LogP contribution < -0.4 is 0 Å². The summed E-state index contributed by atoms with van der Waals surface area (Å²) in [5, 5.41) is 8.89. The molecule has 1 atom stereocenters. The quantitative estimate of drug-likeness (QED) is 0.855. The van der Waals surface area contributed by atoms with Crippen LogP contribution in [0.5, 0.6) is 0 Å². The van der Waals surface area contributed by atoms with E-state index in [4.69, 9.17) is 9.84 Å². The smallest absolute Gasteiger partial charge is 0.306 e. The minimum Gasteiger partial charge on any atom is -0.481 e. The van der Waals surface area contributed by atoms with Gasteiger partial charge >= 0.3 is 5.97 Å². The van der Waals surface area contributed by atoms with Crippen LogP contribution in [0.2, 0.25) is 0 Å². The first-order valence-electron chi connectivity index (χ1n) is 5.13. The second-order valence-electron chi connectivity index (χ2n) is 4.07. The Bertz CT molecular complexity index is 430. The molecule has 2 rings (SSSR count). The molecule has 0 aromatic heterocycles. The standard InChI is InChI=1S/C12H13FO3/c1-16-12(7-11(14)15)5-4-8-2-3-9(13)6-10(8)12/h2-3,6H,4-5,7H2,1H3,(H,14,15). The lowest BCUT2D eigenvalue weighted by Gasteiger charge is -2.27. The number of ether oxygens (including phenoxy) is 1. The van der Waals surface area contributed by atoms with E-state index in [9.17, 15) is 9.18 Å². The van der Waals surface area contributed by atoms with Gasteiger partial charge in [-0.25, -0.2) is 4.39 Å². The van der Waals surface area contributed by atoms with Crippen molar-refractivity contribution in [1.29, 1.82) is 0 Å². The Kier molecular flexibility index (Phi) is 2.68. The molecule has 0 saturated carbocycles. The van der Waals surface area contributed by atoms with Gasteiger partial charge in [0.1, 0.15) is 11.4 Å². The van der Waals surface area contributed by atoms with Crippen molar-refractivity contribution >= 4 is 5.97 Å². The molecule has 0 saturated heterocycles. The van der Waals surface area contributed by atoms with Gasteiger partial charge in [-0.05, 0) is 36.1 Å². The molecule has 1 unspecified atom stereocenters. The van der Waals surface area contributed by atoms with Crippen molar-refractivity contribution in [1.82, 2.24) is 0 Å². The van der Waals surface area contributed by atoms with Crippen LogP contribution in [-0.2, 0) is 21.6 Å². The van der Waals surface area contributed by atoms with Crippen molar-refractivity contribution in [3.63, 3.8) is 0 Å². The molecule has 1 aromatic carbocycles.